The van der Waals surface area contributed by atoms with Gasteiger partial charge in [-0.15, -0.1) is 0 Å². The molecule has 0 saturated carbocycles. The van der Waals surface area contributed by atoms with E-state index >= 15 is 0 Å². The highest BCUT2D eigenvalue weighted by atomic mass is 127. The molecule has 1 aliphatic rings. The Kier molecular flexibility index (Phi) is 4.82. The molecule has 3 N–H and O–H groups in total. The summed E-state index contributed by atoms with van der Waals surface area (Å²) in [5, 5.41) is 2.93. The number of likely N-dealkylation sites (tertiary alicyclic amines) is 1. The molecule has 4 nitrogen and oxygen atoms in total. The van der Waals surface area contributed by atoms with Gasteiger partial charge in [-0.3, -0.25) is 0 Å². The first-order valence-electron chi connectivity index (χ1n) is 6.20. The molecule has 0 bridgehead atoms. The molecule has 1 aromatic carbocycles. The Hall–Kier alpha value is -0.820. The van der Waals surface area contributed by atoms with Crippen LogP contribution in [-0.2, 0) is 0 Å². The van der Waals surface area contributed by atoms with Crippen LogP contribution in [-0.4, -0.2) is 30.6 Å². The number of amides is 2. The minimum atomic E-state index is -0.0191. The van der Waals surface area contributed by atoms with Gasteiger partial charge < -0.3 is 16.0 Å². The number of nitrogens with two attached hydrogens (primary N) is 1. The van der Waals surface area contributed by atoms with E-state index in [0.29, 0.717) is 12.5 Å². The van der Waals surface area contributed by atoms with Crippen LogP contribution in [0.5, 0.6) is 0 Å². The lowest BCUT2D eigenvalue weighted by Crippen LogP contribution is -2.44. The number of piperidine rings is 1. The minimum absolute atomic E-state index is 0.0191. The lowest BCUT2D eigenvalue weighted by Gasteiger charge is -2.32. The Morgan fingerprint density at radius 1 is 1.44 bits per heavy atom. The molecule has 0 radical (unpaired) electrons. The molecule has 1 saturated heterocycles. The molecule has 1 fully saturated rings. The number of nitrogens with one attached hydrogen (secondary N) is 1. The molecular formula is C13H18IN3O. The zero-order valence-corrected chi connectivity index (χ0v) is 12.4. The zero-order chi connectivity index (χ0) is 13.0. The van der Waals surface area contributed by atoms with Gasteiger partial charge in [0.1, 0.15) is 0 Å². The predicted octanol–water partition coefficient (Wildman–Crippen LogP) is 2.49. The van der Waals surface area contributed by atoms with Gasteiger partial charge in [-0.1, -0.05) is 0 Å². The van der Waals surface area contributed by atoms with Crippen molar-refractivity contribution in [3.05, 3.63) is 27.8 Å². The Bertz CT molecular complexity index is 407. The van der Waals surface area contributed by atoms with E-state index in [1.165, 1.54) is 0 Å². The monoisotopic (exact) mass is 359 g/mol. The van der Waals surface area contributed by atoms with E-state index in [2.05, 4.69) is 27.9 Å². The molecule has 1 aromatic rings. The first-order chi connectivity index (χ1) is 8.69. The molecule has 18 heavy (non-hydrogen) atoms. The number of hydrogen-bond donors (Lipinski definition) is 2. The third kappa shape index (κ3) is 3.58. The van der Waals surface area contributed by atoms with Crippen LogP contribution in [0.2, 0.25) is 0 Å². The Balaban J connectivity index is 1.93. The van der Waals surface area contributed by atoms with Crippen LogP contribution in [0.25, 0.3) is 0 Å². The third-order valence-corrected chi connectivity index (χ3v) is 3.95. The topological polar surface area (TPSA) is 58.4 Å². The van der Waals surface area contributed by atoms with Crippen LogP contribution in [0.3, 0.4) is 0 Å². The van der Waals surface area contributed by atoms with Gasteiger partial charge in [-0.25, -0.2) is 4.79 Å². The summed E-state index contributed by atoms with van der Waals surface area (Å²) in [6, 6.07) is 7.78. The van der Waals surface area contributed by atoms with Gasteiger partial charge in [0.25, 0.3) is 0 Å². The van der Waals surface area contributed by atoms with Gasteiger partial charge in [0.2, 0.25) is 0 Å². The van der Waals surface area contributed by atoms with E-state index in [0.717, 1.165) is 35.2 Å². The van der Waals surface area contributed by atoms with Gasteiger partial charge in [-0.2, -0.15) is 0 Å². The second-order valence-electron chi connectivity index (χ2n) is 4.63. The van der Waals surface area contributed by atoms with Crippen LogP contribution in [0.15, 0.2) is 24.3 Å². The summed E-state index contributed by atoms with van der Waals surface area (Å²) >= 11 is 2.24. The van der Waals surface area contributed by atoms with Crippen LogP contribution >= 0.6 is 22.6 Å². The van der Waals surface area contributed by atoms with E-state index in [9.17, 15) is 4.79 Å². The maximum atomic E-state index is 12.1. The number of halogens is 1. The average Bonchev–Trinajstić information content (AvgIpc) is 2.41. The SMILES string of the molecule is NC[C@@H]1CCCN(C(=O)Nc2ccc(I)cc2)C1. The number of carbonyl (C=O) groups is 1. The summed E-state index contributed by atoms with van der Waals surface area (Å²) in [6.45, 7) is 2.26. The maximum Gasteiger partial charge on any atom is 0.321 e. The van der Waals surface area contributed by atoms with Crippen LogP contribution in [0.1, 0.15) is 12.8 Å². The lowest BCUT2D eigenvalue weighted by atomic mass is 9.99. The molecule has 1 heterocycles. The highest BCUT2D eigenvalue weighted by molar-refractivity contribution is 14.1. The minimum Gasteiger partial charge on any atom is -0.330 e. The number of hydrogen-bond acceptors (Lipinski definition) is 2. The van der Waals surface area contributed by atoms with E-state index in [-0.39, 0.29) is 6.03 Å². The second-order valence-corrected chi connectivity index (χ2v) is 5.87. The summed E-state index contributed by atoms with van der Waals surface area (Å²) in [5.41, 5.74) is 6.52. The standard InChI is InChI=1S/C13H18IN3O/c14-11-3-5-12(6-4-11)16-13(18)17-7-1-2-10(8-15)9-17/h3-6,10H,1-2,7-9,15H2,(H,16,18)/t10-/m0/s1. The van der Waals surface area contributed by atoms with E-state index in [4.69, 9.17) is 5.73 Å². The molecule has 2 rings (SSSR count). The largest absolute Gasteiger partial charge is 0.330 e. The molecule has 2 amide bonds. The van der Waals surface area contributed by atoms with Crippen molar-refractivity contribution in [3.8, 4) is 0 Å². The average molecular weight is 359 g/mol. The maximum absolute atomic E-state index is 12.1. The normalized spacial score (nSPS) is 19.7. The summed E-state index contributed by atoms with van der Waals surface area (Å²) in [5.74, 6) is 0.446. The second kappa shape index (κ2) is 6.38. The number of benzene rings is 1. The molecule has 0 aliphatic carbocycles. The quantitative estimate of drug-likeness (QED) is 0.798. The first-order valence-corrected chi connectivity index (χ1v) is 7.28. The Labute approximate surface area is 121 Å². The van der Waals surface area contributed by atoms with Crippen LogP contribution in [0, 0.1) is 9.49 Å². The van der Waals surface area contributed by atoms with Crippen LogP contribution in [0.4, 0.5) is 10.5 Å². The van der Waals surface area contributed by atoms with Crippen molar-refractivity contribution in [3.63, 3.8) is 0 Å². The number of urea groups is 1. The van der Waals surface area contributed by atoms with E-state index < -0.39 is 0 Å². The molecule has 5 heteroatoms. The molecule has 1 atom stereocenters. The van der Waals surface area contributed by atoms with E-state index in [1.807, 2.05) is 29.2 Å². The zero-order valence-electron chi connectivity index (χ0n) is 10.2. The van der Waals surface area contributed by atoms with Gasteiger partial charge in [0.15, 0.2) is 0 Å². The van der Waals surface area contributed by atoms with Gasteiger partial charge >= 0.3 is 6.03 Å². The van der Waals surface area contributed by atoms with Crippen molar-refractivity contribution in [1.82, 2.24) is 4.90 Å². The summed E-state index contributed by atoms with van der Waals surface area (Å²) < 4.78 is 1.16. The molecule has 0 aromatic heterocycles. The highest BCUT2D eigenvalue weighted by Gasteiger charge is 2.22. The van der Waals surface area contributed by atoms with Crippen molar-refractivity contribution in [2.45, 2.75) is 12.8 Å². The molecule has 1 aliphatic heterocycles. The Morgan fingerprint density at radius 2 is 2.17 bits per heavy atom. The molecule has 0 unspecified atom stereocenters. The Morgan fingerprint density at radius 3 is 2.83 bits per heavy atom. The van der Waals surface area contributed by atoms with Gasteiger partial charge in [0, 0.05) is 22.3 Å². The van der Waals surface area contributed by atoms with Gasteiger partial charge in [0.05, 0.1) is 0 Å². The van der Waals surface area contributed by atoms with Gasteiger partial charge in [-0.05, 0) is 72.2 Å². The third-order valence-electron chi connectivity index (χ3n) is 3.24. The highest BCUT2D eigenvalue weighted by Crippen LogP contribution is 2.17. The smallest absolute Gasteiger partial charge is 0.321 e. The molecule has 98 valence electrons. The number of rotatable bonds is 2. The summed E-state index contributed by atoms with van der Waals surface area (Å²) in [6.07, 6.45) is 2.17. The lowest BCUT2D eigenvalue weighted by molar-refractivity contribution is 0.179. The predicted molar refractivity (Wildman–Crippen MR) is 81.5 cm³/mol. The fourth-order valence-corrected chi connectivity index (χ4v) is 2.54. The van der Waals surface area contributed by atoms with Crippen molar-refractivity contribution >= 4 is 34.3 Å². The van der Waals surface area contributed by atoms with Crippen molar-refractivity contribution in [1.29, 1.82) is 0 Å². The van der Waals surface area contributed by atoms with E-state index in [1.54, 1.807) is 0 Å². The summed E-state index contributed by atoms with van der Waals surface area (Å²) in [4.78, 5) is 13.9. The fourth-order valence-electron chi connectivity index (χ4n) is 2.18. The first kappa shape index (κ1) is 13.6. The van der Waals surface area contributed by atoms with Crippen LogP contribution < -0.4 is 11.1 Å². The molecule has 0 spiro atoms. The molecular weight excluding hydrogens is 341 g/mol. The number of nitrogens with zero attached hydrogens (tertiary/aromatic N) is 1. The fraction of sp³-hybridized carbons (Fsp3) is 0.462. The number of anilines is 1. The van der Waals surface area contributed by atoms with Crippen molar-refractivity contribution < 1.29 is 4.79 Å². The van der Waals surface area contributed by atoms with Crippen molar-refractivity contribution in [2.24, 2.45) is 11.7 Å². The summed E-state index contributed by atoms with van der Waals surface area (Å²) in [7, 11) is 0. The number of carbonyl (C=O) groups excluding carboxylic acids is 1. The van der Waals surface area contributed by atoms with Crippen molar-refractivity contribution in [2.75, 3.05) is 25.0 Å².